The number of carbonyl (C=O) groups is 2. The van der Waals surface area contributed by atoms with Crippen LogP contribution in [0.3, 0.4) is 0 Å². The Morgan fingerprint density at radius 1 is 1.28 bits per heavy atom. The van der Waals surface area contributed by atoms with Crippen molar-refractivity contribution in [1.29, 1.82) is 0 Å². The molecule has 2 N–H and O–H groups in total. The lowest BCUT2D eigenvalue weighted by molar-refractivity contribution is -0.115. The predicted molar refractivity (Wildman–Crippen MR) is 75.1 cm³/mol. The monoisotopic (exact) mass is 322 g/mol. The Hall–Kier alpha value is -1.53. The highest BCUT2D eigenvalue weighted by molar-refractivity contribution is 9.10. The van der Waals surface area contributed by atoms with Gasteiger partial charge in [0, 0.05) is 27.1 Å². The number of nitrogens with one attached hydrogen (secondary N) is 2. The quantitative estimate of drug-likeness (QED) is 0.792. The third-order valence-corrected chi connectivity index (χ3v) is 3.91. The van der Waals surface area contributed by atoms with Crippen LogP contribution in [-0.2, 0) is 4.79 Å². The van der Waals surface area contributed by atoms with Crippen LogP contribution in [0.25, 0.3) is 17.0 Å². The van der Waals surface area contributed by atoms with Gasteiger partial charge in [-0.1, -0.05) is 15.9 Å². The van der Waals surface area contributed by atoms with Crippen LogP contribution in [0.5, 0.6) is 0 Å². The van der Waals surface area contributed by atoms with Crippen LogP contribution in [0.15, 0.2) is 33.8 Å². The number of carbonyl (C=O) groups excluding carboxylic acids is 2. The third kappa shape index (κ3) is 1.97. The number of hydrogen-bond donors (Lipinski definition) is 2. The molecule has 90 valence electrons. The molecule has 1 saturated heterocycles. The Balaban J connectivity index is 2.10. The van der Waals surface area contributed by atoms with Gasteiger partial charge in [-0.15, -0.1) is 0 Å². The van der Waals surface area contributed by atoms with Crippen LogP contribution in [0.2, 0.25) is 0 Å². The average molecular weight is 323 g/mol. The molecule has 2 amide bonds. The van der Waals surface area contributed by atoms with E-state index >= 15 is 0 Å². The molecule has 0 spiro atoms. The van der Waals surface area contributed by atoms with Crippen molar-refractivity contribution in [3.63, 3.8) is 0 Å². The topological polar surface area (TPSA) is 62.0 Å². The molecule has 0 radical (unpaired) electrons. The van der Waals surface area contributed by atoms with Gasteiger partial charge in [-0.25, -0.2) is 0 Å². The summed E-state index contributed by atoms with van der Waals surface area (Å²) in [7, 11) is 0. The summed E-state index contributed by atoms with van der Waals surface area (Å²) in [6.45, 7) is 0. The Labute approximate surface area is 115 Å². The number of imide groups is 1. The molecule has 2 aromatic rings. The average Bonchev–Trinajstić information content (AvgIpc) is 2.84. The molecule has 1 aliphatic rings. The summed E-state index contributed by atoms with van der Waals surface area (Å²) in [5.74, 6) is -0.339. The number of rotatable bonds is 1. The summed E-state index contributed by atoms with van der Waals surface area (Å²) < 4.78 is 0.967. The van der Waals surface area contributed by atoms with E-state index in [-0.39, 0.29) is 11.1 Å². The summed E-state index contributed by atoms with van der Waals surface area (Å²) in [4.78, 5) is 26.1. The number of thioether (sulfide) groups is 1. The second-order valence-corrected chi connectivity index (χ2v) is 5.72. The van der Waals surface area contributed by atoms with Crippen LogP contribution in [0.4, 0.5) is 4.79 Å². The fraction of sp³-hybridized carbons (Fsp3) is 0. The highest BCUT2D eigenvalue weighted by Crippen LogP contribution is 2.29. The Bertz CT molecular complexity index is 705. The first-order valence-corrected chi connectivity index (χ1v) is 6.76. The molecular formula is C12H7BrN2O2S. The molecule has 0 aliphatic carbocycles. The first-order valence-electron chi connectivity index (χ1n) is 5.15. The summed E-state index contributed by atoms with van der Waals surface area (Å²) in [5.41, 5.74) is 1.87. The first kappa shape index (κ1) is 11.6. The van der Waals surface area contributed by atoms with E-state index in [2.05, 4.69) is 26.2 Å². The number of fused-ring (bicyclic) bond motifs is 1. The van der Waals surface area contributed by atoms with Gasteiger partial charge < -0.3 is 4.98 Å². The van der Waals surface area contributed by atoms with Crippen molar-refractivity contribution in [2.45, 2.75) is 0 Å². The number of amides is 2. The van der Waals surface area contributed by atoms with E-state index in [4.69, 9.17) is 0 Å². The van der Waals surface area contributed by atoms with E-state index in [1.54, 1.807) is 6.08 Å². The van der Waals surface area contributed by atoms with Crippen molar-refractivity contribution in [3.05, 3.63) is 39.3 Å². The molecule has 18 heavy (non-hydrogen) atoms. The lowest BCUT2D eigenvalue weighted by Crippen LogP contribution is -2.17. The molecule has 1 aromatic carbocycles. The van der Waals surface area contributed by atoms with Gasteiger partial charge in [0.15, 0.2) is 0 Å². The number of benzene rings is 1. The van der Waals surface area contributed by atoms with Gasteiger partial charge >= 0.3 is 0 Å². The van der Waals surface area contributed by atoms with Crippen LogP contribution < -0.4 is 5.32 Å². The largest absolute Gasteiger partial charge is 0.361 e. The smallest absolute Gasteiger partial charge is 0.290 e. The Morgan fingerprint density at radius 2 is 2.11 bits per heavy atom. The van der Waals surface area contributed by atoms with E-state index in [1.807, 2.05) is 24.4 Å². The molecule has 0 atom stereocenters. The number of aromatic amines is 1. The molecule has 0 bridgehead atoms. The van der Waals surface area contributed by atoms with E-state index in [1.165, 1.54) is 0 Å². The number of hydrogen-bond acceptors (Lipinski definition) is 3. The number of halogens is 1. The minimum Gasteiger partial charge on any atom is -0.361 e. The Kier molecular flexibility index (Phi) is 2.76. The maximum atomic E-state index is 11.5. The molecule has 0 saturated carbocycles. The molecular weight excluding hydrogens is 316 g/mol. The van der Waals surface area contributed by atoms with E-state index in [0.29, 0.717) is 4.91 Å². The maximum absolute atomic E-state index is 11.5. The van der Waals surface area contributed by atoms with Crippen molar-refractivity contribution in [2.24, 2.45) is 0 Å². The van der Waals surface area contributed by atoms with Gasteiger partial charge in [-0.05, 0) is 36.0 Å². The highest BCUT2D eigenvalue weighted by Gasteiger charge is 2.25. The Morgan fingerprint density at radius 3 is 2.83 bits per heavy atom. The minimum absolute atomic E-state index is 0.327. The van der Waals surface area contributed by atoms with Crippen LogP contribution in [0.1, 0.15) is 5.56 Å². The molecule has 0 unspecified atom stereocenters. The van der Waals surface area contributed by atoms with Crippen molar-refractivity contribution < 1.29 is 9.59 Å². The van der Waals surface area contributed by atoms with Gasteiger partial charge in [0.1, 0.15) is 0 Å². The predicted octanol–water partition coefficient (Wildman–Crippen LogP) is 3.25. The van der Waals surface area contributed by atoms with E-state index in [0.717, 1.165) is 32.7 Å². The lowest BCUT2D eigenvalue weighted by atomic mass is 10.1. The summed E-state index contributed by atoms with van der Waals surface area (Å²) in [6, 6.07) is 5.86. The number of aromatic nitrogens is 1. The van der Waals surface area contributed by atoms with Crippen molar-refractivity contribution in [3.8, 4) is 0 Å². The van der Waals surface area contributed by atoms with Gasteiger partial charge in [-0.2, -0.15) is 0 Å². The zero-order valence-corrected chi connectivity index (χ0v) is 11.4. The SMILES string of the molecule is O=C1NC(=O)C(=Cc2c[nH]c3ccc(Br)cc23)S1. The van der Waals surface area contributed by atoms with Gasteiger partial charge in [0.05, 0.1) is 4.91 Å². The van der Waals surface area contributed by atoms with Crippen molar-refractivity contribution in [2.75, 3.05) is 0 Å². The standard InChI is InChI=1S/C12H7BrN2O2S/c13-7-1-2-9-8(4-7)6(5-14-9)3-10-11(16)15-12(17)18-10/h1-5,14H,(H,15,16,17). The molecule has 6 heteroatoms. The van der Waals surface area contributed by atoms with Gasteiger partial charge in [0.25, 0.3) is 11.1 Å². The summed E-state index contributed by atoms with van der Waals surface area (Å²) in [6.07, 6.45) is 3.54. The molecule has 1 aromatic heterocycles. The first-order chi connectivity index (χ1) is 8.63. The zero-order valence-electron chi connectivity index (χ0n) is 8.99. The van der Waals surface area contributed by atoms with Crippen molar-refractivity contribution >= 4 is 55.8 Å². The van der Waals surface area contributed by atoms with Gasteiger partial charge in [-0.3, -0.25) is 14.9 Å². The minimum atomic E-state index is -0.339. The highest BCUT2D eigenvalue weighted by atomic mass is 79.9. The van der Waals surface area contributed by atoms with Crippen LogP contribution in [-0.4, -0.2) is 16.1 Å². The summed E-state index contributed by atoms with van der Waals surface area (Å²) in [5, 5.41) is 2.91. The second-order valence-electron chi connectivity index (χ2n) is 3.79. The molecule has 1 aliphatic heterocycles. The van der Waals surface area contributed by atoms with Crippen molar-refractivity contribution in [1.82, 2.24) is 10.3 Å². The lowest BCUT2D eigenvalue weighted by Gasteiger charge is -1.94. The van der Waals surface area contributed by atoms with E-state index < -0.39 is 0 Å². The molecule has 4 nitrogen and oxygen atoms in total. The second kappa shape index (κ2) is 4.29. The number of H-pyrrole nitrogens is 1. The van der Waals surface area contributed by atoms with Gasteiger partial charge in [0.2, 0.25) is 0 Å². The van der Waals surface area contributed by atoms with Crippen LogP contribution in [0, 0.1) is 0 Å². The molecule has 2 heterocycles. The van der Waals surface area contributed by atoms with Crippen LogP contribution >= 0.6 is 27.7 Å². The molecule has 1 fully saturated rings. The fourth-order valence-electron chi connectivity index (χ4n) is 1.80. The fourth-order valence-corrected chi connectivity index (χ4v) is 2.83. The third-order valence-electron chi connectivity index (χ3n) is 2.60. The summed E-state index contributed by atoms with van der Waals surface area (Å²) >= 11 is 4.33. The maximum Gasteiger partial charge on any atom is 0.290 e. The molecule has 3 rings (SSSR count). The normalized spacial score (nSPS) is 17.7. The zero-order chi connectivity index (χ0) is 12.7. The van der Waals surface area contributed by atoms with E-state index in [9.17, 15) is 9.59 Å².